The lowest BCUT2D eigenvalue weighted by Crippen LogP contribution is -2.02. The molecule has 0 aliphatic rings. The van der Waals surface area contributed by atoms with Crippen molar-refractivity contribution in [1.82, 2.24) is 0 Å². The number of hydrogen-bond acceptors (Lipinski definition) is 1. The predicted molar refractivity (Wildman–Crippen MR) is 56.3 cm³/mol. The molecule has 1 aromatic carbocycles. The molecule has 14 heavy (non-hydrogen) atoms. The van der Waals surface area contributed by atoms with E-state index in [2.05, 4.69) is 13.8 Å². The molecule has 0 aliphatic heterocycles. The smallest absolute Gasteiger partial charge is 0.130 e. The first kappa shape index (κ1) is 11.0. The summed E-state index contributed by atoms with van der Waals surface area (Å²) in [7, 11) is 1.58. The predicted octanol–water partition coefficient (Wildman–Crippen LogP) is 3.74. The van der Waals surface area contributed by atoms with Gasteiger partial charge in [-0.3, -0.25) is 0 Å². The van der Waals surface area contributed by atoms with Crippen LogP contribution in [-0.2, 0) is 0 Å². The van der Waals surface area contributed by atoms with Crippen molar-refractivity contribution in [3.63, 3.8) is 0 Å². The third kappa shape index (κ3) is 2.06. The fraction of sp³-hybridized carbons (Fsp3) is 0.500. The molecule has 0 N–H and O–H groups in total. The van der Waals surface area contributed by atoms with E-state index in [0.717, 1.165) is 18.4 Å². The first-order chi connectivity index (χ1) is 6.74. The van der Waals surface area contributed by atoms with Crippen molar-refractivity contribution < 1.29 is 9.13 Å². The van der Waals surface area contributed by atoms with Crippen molar-refractivity contribution in [2.45, 2.75) is 32.6 Å². The molecule has 0 saturated heterocycles. The van der Waals surface area contributed by atoms with Crippen LogP contribution in [0.25, 0.3) is 0 Å². The quantitative estimate of drug-likeness (QED) is 0.712. The molecule has 0 amide bonds. The summed E-state index contributed by atoms with van der Waals surface area (Å²) in [5.41, 5.74) is 0.722. The molecule has 0 heterocycles. The van der Waals surface area contributed by atoms with Crippen LogP contribution in [0.15, 0.2) is 18.2 Å². The van der Waals surface area contributed by atoms with Gasteiger partial charge in [0, 0.05) is 5.56 Å². The fourth-order valence-electron chi connectivity index (χ4n) is 1.79. The molecule has 0 aliphatic carbocycles. The van der Waals surface area contributed by atoms with Gasteiger partial charge in [-0.1, -0.05) is 19.9 Å². The van der Waals surface area contributed by atoms with Crippen LogP contribution in [0.3, 0.4) is 0 Å². The Balaban J connectivity index is 3.14. The number of hydrogen-bond donors (Lipinski definition) is 0. The summed E-state index contributed by atoms with van der Waals surface area (Å²) in [5.74, 6) is 0.767. The van der Waals surface area contributed by atoms with E-state index in [1.807, 2.05) is 6.07 Å². The highest BCUT2D eigenvalue weighted by atomic mass is 19.1. The Kier molecular flexibility index (Phi) is 3.93. The van der Waals surface area contributed by atoms with Gasteiger partial charge in [-0.15, -0.1) is 0 Å². The van der Waals surface area contributed by atoms with Crippen molar-refractivity contribution in [3.8, 4) is 5.75 Å². The Morgan fingerprint density at radius 1 is 1.29 bits per heavy atom. The van der Waals surface area contributed by atoms with Gasteiger partial charge < -0.3 is 4.74 Å². The van der Waals surface area contributed by atoms with Gasteiger partial charge in [0.1, 0.15) is 11.6 Å². The molecule has 0 spiro atoms. The molecule has 0 unspecified atom stereocenters. The Hall–Kier alpha value is -1.05. The molecule has 0 fully saturated rings. The summed E-state index contributed by atoms with van der Waals surface area (Å²) in [5, 5.41) is 0. The molecular formula is C12H17FO. The minimum Gasteiger partial charge on any atom is -0.496 e. The summed E-state index contributed by atoms with van der Waals surface area (Å²) in [6, 6.07) is 4.99. The Bertz CT molecular complexity index is 292. The fourth-order valence-corrected chi connectivity index (χ4v) is 1.79. The number of ether oxygens (including phenoxy) is 1. The van der Waals surface area contributed by atoms with Gasteiger partial charge in [0.2, 0.25) is 0 Å². The minimum absolute atomic E-state index is 0.155. The maximum Gasteiger partial charge on any atom is 0.130 e. The van der Waals surface area contributed by atoms with E-state index in [-0.39, 0.29) is 11.7 Å². The van der Waals surface area contributed by atoms with E-state index in [1.165, 1.54) is 6.07 Å². The van der Waals surface area contributed by atoms with Crippen molar-refractivity contribution in [2.75, 3.05) is 7.11 Å². The molecule has 78 valence electrons. The maximum absolute atomic E-state index is 13.6. The molecule has 0 atom stereocenters. The lowest BCUT2D eigenvalue weighted by Gasteiger charge is -2.17. The van der Waals surface area contributed by atoms with E-state index in [0.29, 0.717) is 5.75 Å². The average Bonchev–Trinajstić information content (AvgIpc) is 2.22. The van der Waals surface area contributed by atoms with Crippen molar-refractivity contribution in [1.29, 1.82) is 0 Å². The van der Waals surface area contributed by atoms with Gasteiger partial charge in [0.15, 0.2) is 0 Å². The number of halogens is 1. The summed E-state index contributed by atoms with van der Waals surface area (Å²) in [6.07, 6.45) is 1.88. The van der Waals surface area contributed by atoms with Crippen molar-refractivity contribution in [2.24, 2.45) is 0 Å². The zero-order valence-electron chi connectivity index (χ0n) is 9.01. The third-order valence-electron chi connectivity index (χ3n) is 2.63. The van der Waals surface area contributed by atoms with Crippen molar-refractivity contribution in [3.05, 3.63) is 29.6 Å². The van der Waals surface area contributed by atoms with Crippen molar-refractivity contribution >= 4 is 0 Å². The van der Waals surface area contributed by atoms with Gasteiger partial charge in [0.25, 0.3) is 0 Å². The Morgan fingerprint density at radius 2 is 1.93 bits per heavy atom. The highest BCUT2D eigenvalue weighted by Gasteiger charge is 2.16. The van der Waals surface area contributed by atoms with E-state index in [4.69, 9.17) is 4.74 Å². The maximum atomic E-state index is 13.6. The summed E-state index contributed by atoms with van der Waals surface area (Å²) < 4.78 is 18.8. The lowest BCUT2D eigenvalue weighted by molar-refractivity contribution is 0.396. The first-order valence-corrected chi connectivity index (χ1v) is 5.06. The molecule has 0 saturated carbocycles. The Labute approximate surface area is 84.9 Å². The SMILES string of the molecule is CCC(CC)c1c(F)cccc1OC. The second-order valence-corrected chi connectivity index (χ2v) is 3.37. The lowest BCUT2D eigenvalue weighted by atomic mass is 9.93. The molecule has 1 nitrogen and oxygen atoms in total. The molecule has 0 bridgehead atoms. The van der Waals surface area contributed by atoms with Crippen LogP contribution >= 0.6 is 0 Å². The van der Waals surface area contributed by atoms with Gasteiger partial charge in [-0.25, -0.2) is 4.39 Å². The first-order valence-electron chi connectivity index (χ1n) is 5.06. The highest BCUT2D eigenvalue weighted by Crippen LogP contribution is 2.33. The highest BCUT2D eigenvalue weighted by molar-refractivity contribution is 5.37. The van der Waals surface area contributed by atoms with Crippen LogP contribution in [0.1, 0.15) is 38.2 Å². The molecule has 0 radical (unpaired) electrons. The average molecular weight is 196 g/mol. The standard InChI is InChI=1S/C12H17FO/c1-4-9(5-2)12-10(13)7-6-8-11(12)14-3/h6-9H,4-5H2,1-3H3. The normalized spacial score (nSPS) is 10.6. The number of rotatable bonds is 4. The summed E-state index contributed by atoms with van der Waals surface area (Å²) in [4.78, 5) is 0. The van der Waals surface area contributed by atoms with Gasteiger partial charge >= 0.3 is 0 Å². The van der Waals surface area contributed by atoms with Crippen LogP contribution < -0.4 is 4.74 Å². The molecule has 1 rings (SSSR count). The van der Waals surface area contributed by atoms with Crippen LogP contribution in [0.5, 0.6) is 5.75 Å². The van der Waals surface area contributed by atoms with Crippen LogP contribution in [0.4, 0.5) is 4.39 Å². The zero-order chi connectivity index (χ0) is 10.6. The van der Waals surface area contributed by atoms with Gasteiger partial charge in [-0.05, 0) is 30.9 Å². The second kappa shape index (κ2) is 4.99. The molecular weight excluding hydrogens is 179 g/mol. The van der Waals surface area contributed by atoms with Gasteiger partial charge in [-0.2, -0.15) is 0 Å². The topological polar surface area (TPSA) is 9.23 Å². The van der Waals surface area contributed by atoms with Gasteiger partial charge in [0.05, 0.1) is 7.11 Å². The Morgan fingerprint density at radius 3 is 2.43 bits per heavy atom. The van der Waals surface area contributed by atoms with E-state index in [1.54, 1.807) is 13.2 Å². The van der Waals surface area contributed by atoms with Crippen LogP contribution in [0.2, 0.25) is 0 Å². The molecule has 1 aromatic rings. The van der Waals surface area contributed by atoms with Crippen LogP contribution in [0, 0.1) is 5.82 Å². The van der Waals surface area contributed by atoms with E-state index in [9.17, 15) is 4.39 Å². The third-order valence-corrected chi connectivity index (χ3v) is 2.63. The van der Waals surface area contributed by atoms with E-state index >= 15 is 0 Å². The largest absolute Gasteiger partial charge is 0.496 e. The molecule has 0 aromatic heterocycles. The second-order valence-electron chi connectivity index (χ2n) is 3.37. The number of methoxy groups -OCH3 is 1. The minimum atomic E-state index is -0.155. The van der Waals surface area contributed by atoms with E-state index < -0.39 is 0 Å². The molecule has 2 heteroatoms. The monoisotopic (exact) mass is 196 g/mol. The summed E-state index contributed by atoms with van der Waals surface area (Å²) >= 11 is 0. The van der Waals surface area contributed by atoms with Crippen LogP contribution in [-0.4, -0.2) is 7.11 Å². The number of benzene rings is 1. The zero-order valence-corrected chi connectivity index (χ0v) is 9.01. The summed E-state index contributed by atoms with van der Waals surface area (Å²) in [6.45, 7) is 4.14.